The number of hydrogen-bond donors (Lipinski definition) is 0. The molecule has 1 atom stereocenters. The first-order valence-electron chi connectivity index (χ1n) is 5.17. The molecule has 0 N–H and O–H groups in total. The van der Waals surface area contributed by atoms with Gasteiger partial charge in [-0.1, -0.05) is 0 Å². The van der Waals surface area contributed by atoms with Crippen molar-refractivity contribution in [3.63, 3.8) is 0 Å². The molecule has 0 saturated carbocycles. The van der Waals surface area contributed by atoms with E-state index in [1.807, 2.05) is 27.7 Å². The highest BCUT2D eigenvalue weighted by Gasteiger charge is 2.18. The highest BCUT2D eigenvalue weighted by molar-refractivity contribution is 6.20. The second-order valence-corrected chi connectivity index (χ2v) is 4.55. The minimum absolute atomic E-state index is 0.220. The first kappa shape index (κ1) is 11.3. The summed E-state index contributed by atoms with van der Waals surface area (Å²) in [6, 6.07) is 0. The fourth-order valence-corrected chi connectivity index (χ4v) is 1.84. The molecule has 86 valence electrons. The zero-order valence-electron chi connectivity index (χ0n) is 9.80. The summed E-state index contributed by atoms with van der Waals surface area (Å²) in [4.78, 5) is 4.14. The molecule has 0 aliphatic rings. The number of oxazole rings is 1. The lowest BCUT2D eigenvalue weighted by molar-refractivity contribution is 0.494. The van der Waals surface area contributed by atoms with Crippen LogP contribution in [-0.4, -0.2) is 4.98 Å². The summed E-state index contributed by atoms with van der Waals surface area (Å²) < 4.78 is 11.2. The van der Waals surface area contributed by atoms with Gasteiger partial charge in [0.15, 0.2) is 5.76 Å². The smallest absolute Gasteiger partial charge is 0.212 e. The number of hydrogen-bond acceptors (Lipinski definition) is 3. The van der Waals surface area contributed by atoms with Gasteiger partial charge in [0.2, 0.25) is 5.89 Å². The van der Waals surface area contributed by atoms with Crippen LogP contribution in [0.25, 0.3) is 11.3 Å². The number of rotatable bonds is 2. The van der Waals surface area contributed by atoms with Gasteiger partial charge in [0.1, 0.15) is 16.9 Å². The summed E-state index contributed by atoms with van der Waals surface area (Å²) in [5, 5.41) is -0.220. The van der Waals surface area contributed by atoms with Crippen molar-refractivity contribution in [2.24, 2.45) is 0 Å². The van der Waals surface area contributed by atoms with Crippen molar-refractivity contribution in [1.29, 1.82) is 0 Å². The summed E-state index contributed by atoms with van der Waals surface area (Å²) in [5.41, 5.74) is 2.07. The number of nitrogens with zero attached hydrogens (tertiary/aromatic N) is 1. The second-order valence-electron chi connectivity index (χ2n) is 3.89. The van der Waals surface area contributed by atoms with Gasteiger partial charge in [-0.3, -0.25) is 0 Å². The average molecular weight is 240 g/mol. The minimum Gasteiger partial charge on any atom is -0.466 e. The number of furan rings is 1. The first-order chi connectivity index (χ1) is 7.50. The monoisotopic (exact) mass is 239 g/mol. The molecule has 0 saturated heterocycles. The summed E-state index contributed by atoms with van der Waals surface area (Å²) in [5.74, 6) is 3.01. The largest absolute Gasteiger partial charge is 0.466 e. The van der Waals surface area contributed by atoms with Crippen molar-refractivity contribution >= 4 is 11.6 Å². The molecule has 4 heteroatoms. The number of aromatic nitrogens is 1. The third kappa shape index (κ3) is 1.76. The van der Waals surface area contributed by atoms with E-state index in [0.717, 1.165) is 22.6 Å². The van der Waals surface area contributed by atoms with E-state index in [1.165, 1.54) is 0 Å². The van der Waals surface area contributed by atoms with Crippen LogP contribution >= 0.6 is 11.6 Å². The van der Waals surface area contributed by atoms with Gasteiger partial charge in [-0.25, -0.2) is 4.98 Å². The Labute approximate surface area is 99.4 Å². The second kappa shape index (κ2) is 3.98. The molecule has 0 bridgehead atoms. The third-order valence-electron chi connectivity index (χ3n) is 2.67. The van der Waals surface area contributed by atoms with E-state index in [1.54, 1.807) is 6.20 Å². The molecule has 2 aromatic rings. The third-order valence-corrected chi connectivity index (χ3v) is 2.86. The van der Waals surface area contributed by atoms with Gasteiger partial charge in [0, 0.05) is 5.56 Å². The summed E-state index contributed by atoms with van der Waals surface area (Å²) in [6.07, 6.45) is 1.69. The molecule has 2 heterocycles. The van der Waals surface area contributed by atoms with E-state index >= 15 is 0 Å². The topological polar surface area (TPSA) is 39.2 Å². The lowest BCUT2D eigenvalue weighted by atomic mass is 10.1. The highest BCUT2D eigenvalue weighted by atomic mass is 35.5. The van der Waals surface area contributed by atoms with Gasteiger partial charge in [0.05, 0.1) is 11.8 Å². The lowest BCUT2D eigenvalue weighted by Gasteiger charge is -1.96. The molecule has 1 unspecified atom stereocenters. The quantitative estimate of drug-likeness (QED) is 0.739. The van der Waals surface area contributed by atoms with Gasteiger partial charge in [0.25, 0.3) is 0 Å². The van der Waals surface area contributed by atoms with Crippen LogP contribution in [-0.2, 0) is 0 Å². The molecule has 0 spiro atoms. The van der Waals surface area contributed by atoms with E-state index in [4.69, 9.17) is 20.4 Å². The maximum atomic E-state index is 5.91. The van der Waals surface area contributed by atoms with Crippen LogP contribution in [0.5, 0.6) is 0 Å². The van der Waals surface area contributed by atoms with Crippen molar-refractivity contribution in [3.8, 4) is 11.3 Å². The van der Waals surface area contributed by atoms with Crippen LogP contribution in [0.15, 0.2) is 15.0 Å². The van der Waals surface area contributed by atoms with Gasteiger partial charge >= 0.3 is 0 Å². The fraction of sp³-hybridized carbons (Fsp3) is 0.417. The Kier molecular flexibility index (Phi) is 2.80. The summed E-state index contributed by atoms with van der Waals surface area (Å²) >= 11 is 5.91. The van der Waals surface area contributed by atoms with E-state index < -0.39 is 0 Å². The standard InChI is InChI=1S/C12H14ClNO2/c1-6-8(3)15-9(4)11(6)10-5-14-12(16-10)7(2)13/h5,7H,1-4H3. The molecule has 0 aromatic carbocycles. The van der Waals surface area contributed by atoms with Gasteiger partial charge in [-0.15, -0.1) is 11.6 Å². The van der Waals surface area contributed by atoms with Crippen LogP contribution < -0.4 is 0 Å². The maximum absolute atomic E-state index is 5.91. The van der Waals surface area contributed by atoms with Crippen molar-refractivity contribution in [3.05, 3.63) is 29.2 Å². The van der Waals surface area contributed by atoms with Crippen LogP contribution in [0.3, 0.4) is 0 Å². The number of aryl methyl sites for hydroxylation is 2. The van der Waals surface area contributed by atoms with Crippen molar-refractivity contribution in [2.45, 2.75) is 33.1 Å². The number of halogens is 1. The zero-order chi connectivity index (χ0) is 11.9. The Bertz CT molecular complexity index is 511. The summed E-state index contributed by atoms with van der Waals surface area (Å²) in [7, 11) is 0. The van der Waals surface area contributed by atoms with E-state index in [0.29, 0.717) is 11.7 Å². The van der Waals surface area contributed by atoms with Crippen molar-refractivity contribution < 1.29 is 8.83 Å². The Balaban J connectivity index is 2.50. The predicted molar refractivity (Wildman–Crippen MR) is 62.7 cm³/mol. The maximum Gasteiger partial charge on any atom is 0.212 e. The van der Waals surface area contributed by atoms with Gasteiger partial charge in [-0.2, -0.15) is 0 Å². The SMILES string of the molecule is Cc1oc(C)c(-c2cnc(C(C)Cl)o2)c1C. The molecule has 0 amide bonds. The molecule has 0 radical (unpaired) electrons. The van der Waals surface area contributed by atoms with Gasteiger partial charge < -0.3 is 8.83 Å². The van der Waals surface area contributed by atoms with Gasteiger partial charge in [-0.05, 0) is 27.7 Å². The van der Waals surface area contributed by atoms with Crippen LogP contribution in [0.2, 0.25) is 0 Å². The van der Waals surface area contributed by atoms with E-state index in [-0.39, 0.29) is 5.38 Å². The molecule has 2 rings (SSSR count). The first-order valence-corrected chi connectivity index (χ1v) is 5.61. The Morgan fingerprint density at radius 2 is 1.88 bits per heavy atom. The minimum atomic E-state index is -0.220. The zero-order valence-corrected chi connectivity index (χ0v) is 10.6. The Hall–Kier alpha value is -1.22. The highest BCUT2D eigenvalue weighted by Crippen LogP contribution is 2.33. The van der Waals surface area contributed by atoms with Crippen molar-refractivity contribution in [2.75, 3.05) is 0 Å². The Morgan fingerprint density at radius 3 is 2.31 bits per heavy atom. The number of alkyl halides is 1. The lowest BCUT2D eigenvalue weighted by Crippen LogP contribution is -1.81. The van der Waals surface area contributed by atoms with Crippen LogP contribution in [0.1, 0.15) is 35.3 Å². The molecule has 16 heavy (non-hydrogen) atoms. The van der Waals surface area contributed by atoms with E-state index in [9.17, 15) is 0 Å². The van der Waals surface area contributed by atoms with E-state index in [2.05, 4.69) is 4.98 Å². The summed E-state index contributed by atoms with van der Waals surface area (Å²) in [6.45, 7) is 7.69. The Morgan fingerprint density at radius 1 is 1.19 bits per heavy atom. The van der Waals surface area contributed by atoms with Crippen LogP contribution in [0.4, 0.5) is 0 Å². The van der Waals surface area contributed by atoms with Crippen molar-refractivity contribution in [1.82, 2.24) is 4.98 Å². The van der Waals surface area contributed by atoms with Crippen LogP contribution in [0, 0.1) is 20.8 Å². The molecule has 3 nitrogen and oxygen atoms in total. The molecule has 0 aliphatic carbocycles. The molecule has 2 aromatic heterocycles. The normalized spacial score (nSPS) is 13.1. The molecular formula is C12H14ClNO2. The molecule has 0 aliphatic heterocycles. The fourth-order valence-electron chi connectivity index (χ4n) is 1.74. The molecule has 0 fully saturated rings. The average Bonchev–Trinajstić information content (AvgIpc) is 2.74. The predicted octanol–water partition coefficient (Wildman–Crippen LogP) is 4.16. The molecular weight excluding hydrogens is 226 g/mol.